The molecule has 0 unspecified atom stereocenters. The van der Waals surface area contributed by atoms with Crippen LogP contribution in [0.3, 0.4) is 0 Å². The largest absolute Gasteiger partial charge is 0.437 e. The highest BCUT2D eigenvalue weighted by Crippen LogP contribution is 2.43. The lowest BCUT2D eigenvalue weighted by Crippen LogP contribution is -2.31. The minimum Gasteiger partial charge on any atom is -0.437 e. The Bertz CT molecular complexity index is 6260. The van der Waals surface area contributed by atoms with E-state index in [9.17, 15) is 13.2 Å². The van der Waals surface area contributed by atoms with E-state index in [1.54, 1.807) is 66.7 Å². The third-order valence-corrected chi connectivity index (χ3v) is 17.4. The second kappa shape index (κ2) is 24.6. The van der Waals surface area contributed by atoms with Gasteiger partial charge in [0, 0.05) is 131 Å². The SMILES string of the molecule is [2H]C([2H])([2H])C(C)(c1ccc2c(n1)oc1c(-c3c(-c4ccc(F)cc4)ccc[n+]3C)c(C)ccc12)C([2H])([2H])[2H].[2H]C([2H])([2H])C(C)(c1ccc2c(n1)oc1c(-c3cc(-c4ccccc4F)cc[n+]3C)c(C)ccc12)C([2H])([2H])[2H].[2H]C([2H])([2H])C(C)(c1ccc2c(n1)oc1c(-c3ccc(-c4ccccc4F)c[n+]3C)c(C)ccc12)C([2H])([2H])[2H]. The van der Waals surface area contributed by atoms with Crippen molar-refractivity contribution in [3.05, 3.63) is 252 Å². The summed E-state index contributed by atoms with van der Waals surface area (Å²) in [5.74, 6) is -0.956. The highest BCUT2D eigenvalue weighted by molar-refractivity contribution is 6.11. The molecule has 0 atom stereocenters. The predicted octanol–water partition coefficient (Wildman–Crippen LogP) is 20.7. The van der Waals surface area contributed by atoms with Gasteiger partial charge in [0.05, 0.1) is 22.3 Å². The summed E-state index contributed by atoms with van der Waals surface area (Å²) in [6, 6.07) is 51.8. The second-order valence-corrected chi connectivity index (χ2v) is 24.9. The normalized spacial score (nSPS) is 15.6. The average Bonchev–Trinajstić information content (AvgIpc) is 1.49. The Morgan fingerprint density at radius 3 is 1.26 bits per heavy atom. The van der Waals surface area contributed by atoms with Crippen molar-refractivity contribution in [3.8, 4) is 67.2 Å². The molecule has 0 aliphatic heterocycles. The monoisotopic (exact) mass is 1290 g/mol. The topological polar surface area (TPSA) is 89.7 Å². The number of aryl methyl sites for hydroxylation is 6. The number of hydrogen-bond acceptors (Lipinski definition) is 6. The lowest BCUT2D eigenvalue weighted by atomic mass is 9.91. The first-order valence-electron chi connectivity index (χ1n) is 40.0. The van der Waals surface area contributed by atoms with Crippen molar-refractivity contribution in [1.29, 1.82) is 0 Å². The van der Waals surface area contributed by atoms with Crippen molar-refractivity contribution in [1.82, 2.24) is 15.0 Å². The standard InChI is InChI=1S/3C28H26FN2O/c1-17-8-13-21-22-14-15-23(28(2,3)4)30-27(22)32-26(21)24(17)25-20(7-6-16-31(25)5)18-9-11-19(29)12-10-18;1-17-10-12-20-21-13-15-24(28(2,3)4)30-27(21)32-26(20)25(17)23-14-11-18(16-31(23)5)19-8-6-7-9-22(19)29;1-17-10-11-20-21-12-13-24(28(2,3)4)30-27(21)32-26(20)25(17)23-16-18(14-15-31(23)5)19-8-6-7-9-22(19)29/h3*6-16H,1-5H3/q3*+1/i3*2D3,3D3. The highest BCUT2D eigenvalue weighted by Gasteiger charge is 2.29. The molecule has 480 valence electrons. The van der Waals surface area contributed by atoms with Crippen LogP contribution in [0.4, 0.5) is 13.2 Å². The molecule has 9 heterocycles. The van der Waals surface area contributed by atoms with Gasteiger partial charge in [-0.05, 0) is 121 Å². The van der Waals surface area contributed by atoms with Crippen LogP contribution in [-0.4, -0.2) is 15.0 Å². The maximum Gasteiger partial charge on any atom is 0.227 e. The maximum atomic E-state index is 14.6. The first kappa shape index (κ1) is 45.7. The van der Waals surface area contributed by atoms with E-state index >= 15 is 0 Å². The minimum absolute atomic E-state index is 0.0814. The van der Waals surface area contributed by atoms with Crippen LogP contribution in [0.1, 0.15) is 120 Å². The van der Waals surface area contributed by atoms with Gasteiger partial charge in [0.2, 0.25) is 34.2 Å². The summed E-state index contributed by atoms with van der Waals surface area (Å²) in [5, 5.41) is 4.21. The van der Waals surface area contributed by atoms with E-state index in [-0.39, 0.29) is 51.7 Å². The van der Waals surface area contributed by atoms with Crippen LogP contribution in [0.5, 0.6) is 0 Å². The Hall–Kier alpha value is -10.6. The van der Waals surface area contributed by atoms with Crippen molar-refractivity contribution in [2.45, 2.75) is 98.9 Å². The third-order valence-electron chi connectivity index (χ3n) is 17.4. The molecule has 0 N–H and O–H groups in total. The summed E-state index contributed by atoms with van der Waals surface area (Å²) in [5.41, 5.74) is 6.97. The Morgan fingerprint density at radius 1 is 0.375 bits per heavy atom. The van der Waals surface area contributed by atoms with Crippen LogP contribution in [0, 0.1) is 38.2 Å². The smallest absolute Gasteiger partial charge is 0.227 e. The molecule has 15 rings (SSSR count). The minimum atomic E-state index is -2.83. The van der Waals surface area contributed by atoms with Gasteiger partial charge in [-0.2, -0.15) is 0 Å². The summed E-state index contributed by atoms with van der Waals surface area (Å²) < 4.78 is 211. The van der Waals surface area contributed by atoms with Crippen LogP contribution < -0.4 is 13.7 Å². The highest BCUT2D eigenvalue weighted by atomic mass is 19.1. The zero-order valence-corrected chi connectivity index (χ0v) is 54.1. The molecule has 0 bridgehead atoms. The summed E-state index contributed by atoms with van der Waals surface area (Å²) >= 11 is 0. The molecule has 0 aliphatic carbocycles. The number of benzene rings is 6. The molecule has 12 heteroatoms. The summed E-state index contributed by atoms with van der Waals surface area (Å²) in [4.78, 5) is 13.3. The molecule has 0 amide bonds. The van der Waals surface area contributed by atoms with Gasteiger partial charge < -0.3 is 13.3 Å². The molecule has 9 aromatic heterocycles. The van der Waals surface area contributed by atoms with Gasteiger partial charge in [0.1, 0.15) is 38.6 Å². The first-order chi connectivity index (χ1) is 53.2. The van der Waals surface area contributed by atoms with E-state index in [1.807, 2.05) is 147 Å². The molecular formula is C84H78F3N6O3+3. The van der Waals surface area contributed by atoms with E-state index in [1.165, 1.54) is 63.2 Å². The lowest BCUT2D eigenvalue weighted by molar-refractivity contribution is -0.660. The van der Waals surface area contributed by atoms with Crippen molar-refractivity contribution in [3.63, 3.8) is 0 Å². The summed E-state index contributed by atoms with van der Waals surface area (Å²) in [6.45, 7) is -7.51. The summed E-state index contributed by atoms with van der Waals surface area (Å²) in [7, 11) is 5.67. The van der Waals surface area contributed by atoms with Gasteiger partial charge in [-0.3, -0.25) is 0 Å². The summed E-state index contributed by atoms with van der Waals surface area (Å²) in [6.07, 6.45) is 5.62. The Kier molecular flexibility index (Phi) is 11.7. The molecule has 9 nitrogen and oxygen atoms in total. The molecule has 0 radical (unpaired) electrons. The number of fused-ring (bicyclic) bond motifs is 9. The van der Waals surface area contributed by atoms with Crippen LogP contribution in [0.25, 0.3) is 133 Å². The van der Waals surface area contributed by atoms with Crippen molar-refractivity contribution >= 4 is 66.2 Å². The second-order valence-electron chi connectivity index (χ2n) is 24.9. The van der Waals surface area contributed by atoms with Crippen molar-refractivity contribution in [2.24, 2.45) is 21.1 Å². The quantitative estimate of drug-likeness (QED) is 0.154. The van der Waals surface area contributed by atoms with Crippen LogP contribution in [0.2, 0.25) is 0 Å². The number of aromatic nitrogens is 6. The number of nitrogens with zero attached hydrogens (tertiary/aromatic N) is 6. The van der Waals surface area contributed by atoms with Gasteiger partial charge in [-0.1, -0.05) is 147 Å². The van der Waals surface area contributed by atoms with Gasteiger partial charge in [0.25, 0.3) is 0 Å². The van der Waals surface area contributed by atoms with Gasteiger partial charge in [-0.15, -0.1) is 0 Å². The maximum absolute atomic E-state index is 14.6. The number of rotatable bonds is 6. The fourth-order valence-electron chi connectivity index (χ4n) is 12.4. The average molecular weight is 1290 g/mol. The Balaban J connectivity index is 0.000000149. The molecule has 6 aromatic carbocycles. The van der Waals surface area contributed by atoms with E-state index in [0.717, 1.165) is 83.3 Å². The van der Waals surface area contributed by atoms with Gasteiger partial charge in [0.15, 0.2) is 35.3 Å². The predicted molar refractivity (Wildman–Crippen MR) is 381 cm³/mol. The van der Waals surface area contributed by atoms with E-state index in [2.05, 4.69) is 15.0 Å². The fourth-order valence-corrected chi connectivity index (χ4v) is 12.4. The third kappa shape index (κ3) is 12.0. The van der Waals surface area contributed by atoms with Crippen molar-refractivity contribution in [2.75, 3.05) is 0 Å². The zero-order chi connectivity index (χ0) is 82.9. The van der Waals surface area contributed by atoms with Gasteiger partial charge >= 0.3 is 0 Å². The molecule has 0 saturated heterocycles. The molecule has 0 saturated carbocycles. The molecule has 0 fully saturated rings. The molecule has 15 aromatic rings. The molecular weight excluding hydrogens is 1200 g/mol. The van der Waals surface area contributed by atoms with Crippen LogP contribution >= 0.6 is 0 Å². The Labute approximate surface area is 583 Å². The Morgan fingerprint density at radius 2 is 0.792 bits per heavy atom. The lowest BCUT2D eigenvalue weighted by Gasteiger charge is -2.16. The number of pyridine rings is 6. The molecule has 0 spiro atoms. The van der Waals surface area contributed by atoms with Crippen LogP contribution in [0.15, 0.2) is 214 Å². The van der Waals surface area contributed by atoms with Crippen molar-refractivity contribution < 1.29 is 64.8 Å². The number of furan rings is 3. The fraction of sp³-hybridized carbons (Fsp3) is 0.214. The zero-order valence-electron chi connectivity index (χ0n) is 72.1. The van der Waals surface area contributed by atoms with Crippen LogP contribution in [-0.2, 0) is 37.4 Å². The first-order valence-corrected chi connectivity index (χ1v) is 31.0. The molecule has 96 heavy (non-hydrogen) atoms. The van der Waals surface area contributed by atoms with E-state index in [4.69, 9.17) is 37.9 Å². The molecule has 0 aliphatic rings. The van der Waals surface area contributed by atoms with E-state index < -0.39 is 57.4 Å². The van der Waals surface area contributed by atoms with E-state index in [0.29, 0.717) is 49.6 Å². The number of hydrogen-bond donors (Lipinski definition) is 0. The number of halogens is 3. The van der Waals surface area contributed by atoms with Gasteiger partial charge in [-0.25, -0.2) is 41.8 Å².